The summed E-state index contributed by atoms with van der Waals surface area (Å²) in [4.78, 5) is 10.4. The molecule has 38 valence electrons. The summed E-state index contributed by atoms with van der Waals surface area (Å²) in [6.45, 7) is 2.52. The van der Waals surface area contributed by atoms with E-state index in [2.05, 4.69) is 5.32 Å². The topological polar surface area (TPSA) is 29.1 Å². The van der Waals surface area contributed by atoms with Crippen molar-refractivity contribution in [1.82, 2.24) is 5.32 Å². The molecular formula is C5H7NO. The van der Waals surface area contributed by atoms with Crippen molar-refractivity contribution in [1.29, 1.82) is 0 Å². The van der Waals surface area contributed by atoms with Gasteiger partial charge >= 0.3 is 0 Å². The molecule has 0 radical (unpaired) electrons. The van der Waals surface area contributed by atoms with Gasteiger partial charge < -0.3 is 5.32 Å². The van der Waals surface area contributed by atoms with Crippen LogP contribution in [0.5, 0.6) is 0 Å². The van der Waals surface area contributed by atoms with Gasteiger partial charge in [-0.3, -0.25) is 4.79 Å². The van der Waals surface area contributed by atoms with Crippen molar-refractivity contribution in [2.75, 3.05) is 6.54 Å². The van der Waals surface area contributed by atoms with Gasteiger partial charge in [0.05, 0.1) is 0 Å². The predicted octanol–water partition coefficient (Wildman–Crippen LogP) is 0.0625. The van der Waals surface area contributed by atoms with Crippen LogP contribution in [0.25, 0.3) is 0 Å². The standard InChI is InChI=1S/C5H7NO/c1-4-2-3-6-5(4)7/h2H,3H2,1H3,(H,6,7). The van der Waals surface area contributed by atoms with Gasteiger partial charge in [0, 0.05) is 12.1 Å². The zero-order chi connectivity index (χ0) is 5.28. The molecule has 0 aliphatic carbocycles. The average molecular weight is 97.1 g/mol. The highest BCUT2D eigenvalue weighted by atomic mass is 16.1. The molecule has 0 aromatic rings. The Hall–Kier alpha value is -0.790. The summed E-state index contributed by atoms with van der Waals surface area (Å²) >= 11 is 0. The van der Waals surface area contributed by atoms with Gasteiger partial charge in [0.15, 0.2) is 0 Å². The lowest BCUT2D eigenvalue weighted by Crippen LogP contribution is -2.15. The fourth-order valence-electron chi connectivity index (χ4n) is 0.529. The Balaban J connectivity index is 2.72. The second-order valence-electron chi connectivity index (χ2n) is 1.60. The molecule has 2 heteroatoms. The van der Waals surface area contributed by atoms with Crippen molar-refractivity contribution in [3.63, 3.8) is 0 Å². The summed E-state index contributed by atoms with van der Waals surface area (Å²) in [5, 5.41) is 2.64. The number of hydrogen-bond donors (Lipinski definition) is 1. The molecule has 0 aromatic carbocycles. The van der Waals surface area contributed by atoms with E-state index >= 15 is 0 Å². The lowest BCUT2D eigenvalue weighted by Gasteiger charge is -1.85. The highest BCUT2D eigenvalue weighted by Crippen LogP contribution is 1.95. The molecule has 0 unspecified atom stereocenters. The van der Waals surface area contributed by atoms with Crippen LogP contribution in [-0.4, -0.2) is 12.5 Å². The average Bonchev–Trinajstić information content (AvgIpc) is 1.91. The summed E-state index contributed by atoms with van der Waals surface area (Å²) in [5.74, 6) is 0.0694. The summed E-state index contributed by atoms with van der Waals surface area (Å²) in [6, 6.07) is 0. The minimum atomic E-state index is 0.0694. The molecule has 1 heterocycles. The zero-order valence-electron chi connectivity index (χ0n) is 4.19. The first kappa shape index (κ1) is 4.37. The molecule has 0 fully saturated rings. The Morgan fingerprint density at radius 3 is 2.71 bits per heavy atom. The van der Waals surface area contributed by atoms with Gasteiger partial charge in [-0.2, -0.15) is 0 Å². The minimum absolute atomic E-state index is 0.0694. The summed E-state index contributed by atoms with van der Waals surface area (Å²) in [6.07, 6.45) is 1.88. The number of carbonyl (C=O) groups excluding carboxylic acids is 1. The monoisotopic (exact) mass is 97.1 g/mol. The van der Waals surface area contributed by atoms with Crippen LogP contribution in [0.1, 0.15) is 6.92 Å². The zero-order valence-corrected chi connectivity index (χ0v) is 4.19. The molecule has 2 nitrogen and oxygen atoms in total. The summed E-state index contributed by atoms with van der Waals surface area (Å²) < 4.78 is 0. The second kappa shape index (κ2) is 1.37. The van der Waals surface area contributed by atoms with Crippen LogP contribution in [0, 0.1) is 0 Å². The third-order valence-electron chi connectivity index (χ3n) is 1.03. The molecule has 0 saturated heterocycles. The number of hydrogen-bond acceptors (Lipinski definition) is 1. The van der Waals surface area contributed by atoms with Gasteiger partial charge in [-0.15, -0.1) is 0 Å². The molecule has 1 aliphatic heterocycles. The van der Waals surface area contributed by atoms with Gasteiger partial charge in [-0.1, -0.05) is 6.08 Å². The van der Waals surface area contributed by atoms with E-state index in [0.29, 0.717) is 6.54 Å². The van der Waals surface area contributed by atoms with E-state index in [1.165, 1.54) is 0 Å². The first-order chi connectivity index (χ1) is 3.30. The highest BCUT2D eigenvalue weighted by molar-refractivity contribution is 5.94. The van der Waals surface area contributed by atoms with Crippen molar-refractivity contribution in [2.24, 2.45) is 0 Å². The number of carbonyl (C=O) groups is 1. The molecule has 1 aliphatic rings. The Morgan fingerprint density at radius 1 is 1.86 bits per heavy atom. The van der Waals surface area contributed by atoms with Crippen LogP contribution in [0.15, 0.2) is 11.6 Å². The quantitative estimate of drug-likeness (QED) is 0.455. The molecule has 0 bridgehead atoms. The molecule has 7 heavy (non-hydrogen) atoms. The molecule has 1 N–H and O–H groups in total. The van der Waals surface area contributed by atoms with E-state index in [0.717, 1.165) is 5.57 Å². The smallest absolute Gasteiger partial charge is 0.246 e. The first-order valence-corrected chi connectivity index (χ1v) is 2.25. The van der Waals surface area contributed by atoms with Crippen LogP contribution in [0.2, 0.25) is 0 Å². The van der Waals surface area contributed by atoms with E-state index in [1.54, 1.807) is 0 Å². The van der Waals surface area contributed by atoms with Gasteiger partial charge in [0.25, 0.3) is 0 Å². The normalized spacial score (nSPS) is 19.0. The summed E-state index contributed by atoms with van der Waals surface area (Å²) in [5.41, 5.74) is 0.833. The van der Waals surface area contributed by atoms with Crippen LogP contribution in [-0.2, 0) is 4.79 Å². The second-order valence-corrected chi connectivity index (χ2v) is 1.60. The first-order valence-electron chi connectivity index (χ1n) is 2.25. The Morgan fingerprint density at radius 2 is 2.57 bits per heavy atom. The largest absolute Gasteiger partial charge is 0.349 e. The van der Waals surface area contributed by atoms with E-state index in [9.17, 15) is 4.79 Å². The third kappa shape index (κ3) is 0.633. The van der Waals surface area contributed by atoms with Crippen molar-refractivity contribution in [2.45, 2.75) is 6.92 Å². The van der Waals surface area contributed by atoms with Crippen LogP contribution in [0.4, 0.5) is 0 Å². The van der Waals surface area contributed by atoms with Gasteiger partial charge in [-0.05, 0) is 6.92 Å². The van der Waals surface area contributed by atoms with E-state index in [1.807, 2.05) is 13.0 Å². The molecule has 1 amide bonds. The fraction of sp³-hybridized carbons (Fsp3) is 0.400. The van der Waals surface area contributed by atoms with E-state index in [-0.39, 0.29) is 5.91 Å². The number of rotatable bonds is 0. The van der Waals surface area contributed by atoms with Crippen LogP contribution in [0.3, 0.4) is 0 Å². The van der Waals surface area contributed by atoms with Crippen molar-refractivity contribution < 1.29 is 4.79 Å². The maximum Gasteiger partial charge on any atom is 0.246 e. The van der Waals surface area contributed by atoms with Gasteiger partial charge in [-0.25, -0.2) is 0 Å². The molecular weight excluding hydrogens is 90.1 g/mol. The SMILES string of the molecule is CC1=CCNC1=O. The lowest BCUT2D eigenvalue weighted by molar-refractivity contribution is -0.116. The highest BCUT2D eigenvalue weighted by Gasteiger charge is 2.06. The van der Waals surface area contributed by atoms with Crippen LogP contribution < -0.4 is 5.32 Å². The Labute approximate surface area is 42.2 Å². The minimum Gasteiger partial charge on any atom is -0.349 e. The Kier molecular flexibility index (Phi) is 0.855. The van der Waals surface area contributed by atoms with Crippen molar-refractivity contribution in [3.8, 4) is 0 Å². The maximum atomic E-state index is 10.4. The number of amides is 1. The molecule has 0 spiro atoms. The van der Waals surface area contributed by atoms with E-state index < -0.39 is 0 Å². The van der Waals surface area contributed by atoms with Gasteiger partial charge in [0.2, 0.25) is 5.91 Å². The Bertz CT molecular complexity index is 126. The number of nitrogens with one attached hydrogen (secondary N) is 1. The third-order valence-corrected chi connectivity index (χ3v) is 1.03. The van der Waals surface area contributed by atoms with E-state index in [4.69, 9.17) is 0 Å². The fourth-order valence-corrected chi connectivity index (χ4v) is 0.529. The maximum absolute atomic E-state index is 10.4. The van der Waals surface area contributed by atoms with Gasteiger partial charge in [0.1, 0.15) is 0 Å². The predicted molar refractivity (Wildman–Crippen MR) is 26.8 cm³/mol. The van der Waals surface area contributed by atoms with Crippen molar-refractivity contribution >= 4 is 5.91 Å². The van der Waals surface area contributed by atoms with Crippen molar-refractivity contribution in [3.05, 3.63) is 11.6 Å². The molecule has 1 rings (SSSR count). The summed E-state index contributed by atoms with van der Waals surface area (Å²) in [7, 11) is 0. The lowest BCUT2D eigenvalue weighted by atomic mass is 10.3. The molecule has 0 atom stereocenters. The molecule has 0 saturated carbocycles. The molecule has 0 aromatic heterocycles. The van der Waals surface area contributed by atoms with Crippen LogP contribution >= 0.6 is 0 Å².